The monoisotopic (exact) mass is 1170 g/mol. The Morgan fingerprint density at radius 3 is 2.35 bits per heavy atom. The molecule has 4 aliphatic rings. The first kappa shape index (κ1) is 59.9. The molecule has 3 amide bonds. The number of hydrogen-bond donors (Lipinski definition) is 2. The Hall–Kier alpha value is -6.75. The van der Waals surface area contributed by atoms with Crippen molar-refractivity contribution in [3.63, 3.8) is 0 Å². The zero-order valence-corrected chi connectivity index (χ0v) is 47.6. The Bertz CT molecular complexity index is 3270. The van der Waals surface area contributed by atoms with Gasteiger partial charge in [-0.05, 0) is 81.7 Å². The van der Waals surface area contributed by atoms with Crippen LogP contribution in [0.15, 0.2) is 42.2 Å². The summed E-state index contributed by atoms with van der Waals surface area (Å²) in [4.78, 5) is 80.0. The van der Waals surface area contributed by atoms with Crippen LogP contribution in [0.25, 0.3) is 33.4 Å². The van der Waals surface area contributed by atoms with E-state index in [1.807, 2.05) is 27.0 Å². The van der Waals surface area contributed by atoms with Crippen LogP contribution in [0.2, 0.25) is 0 Å². The second-order valence-corrected chi connectivity index (χ2v) is 23.8. The molecule has 4 aromatic heterocycles. The summed E-state index contributed by atoms with van der Waals surface area (Å²) in [6.45, 7) is 10.1. The van der Waals surface area contributed by atoms with Gasteiger partial charge in [0.2, 0.25) is 17.6 Å². The third kappa shape index (κ3) is 13.2. The Balaban J connectivity index is 1.07. The number of benzene rings is 1. The number of likely N-dealkylation sites (N-methyl/N-ethyl adjacent to an activating group) is 2. The molecule has 2 N–H and O–H groups in total. The topological polar surface area (TPSA) is 180 Å². The van der Waals surface area contributed by atoms with Crippen molar-refractivity contribution in [1.82, 2.24) is 50.1 Å². The van der Waals surface area contributed by atoms with Crippen molar-refractivity contribution in [2.24, 2.45) is 23.2 Å². The van der Waals surface area contributed by atoms with Gasteiger partial charge in [0.25, 0.3) is 5.91 Å². The third-order valence-electron chi connectivity index (χ3n) is 15.7. The minimum atomic E-state index is -4.77. The summed E-state index contributed by atoms with van der Waals surface area (Å²) >= 11 is 1.08. The largest absolute Gasteiger partial charge is 0.464 e. The maximum absolute atomic E-state index is 17.0. The van der Waals surface area contributed by atoms with E-state index in [1.54, 1.807) is 32.3 Å². The molecule has 6 bridgehead atoms. The number of piperazine rings is 1. The van der Waals surface area contributed by atoms with Gasteiger partial charge in [-0.15, -0.1) is 11.3 Å². The minimum absolute atomic E-state index is 0.0308. The van der Waals surface area contributed by atoms with E-state index in [4.69, 9.17) is 19.4 Å². The van der Waals surface area contributed by atoms with Crippen LogP contribution in [0.5, 0.6) is 0 Å². The maximum Gasteiger partial charge on any atom is 0.419 e. The molecule has 0 radical (unpaired) electrons. The number of esters is 1. The lowest BCUT2D eigenvalue weighted by atomic mass is 9.74. The van der Waals surface area contributed by atoms with Crippen LogP contribution in [-0.4, -0.2) is 148 Å². The van der Waals surface area contributed by atoms with Crippen LogP contribution >= 0.6 is 11.3 Å². The lowest BCUT2D eigenvalue weighted by Crippen LogP contribution is -2.62. The number of aromatic nitrogens is 5. The molecular formula is C57H66F7N11O6S. The predicted octanol–water partition coefficient (Wildman–Crippen LogP) is 8.01. The molecule has 17 nitrogen and oxygen atoms in total. The lowest BCUT2D eigenvalue weighted by Gasteiger charge is -2.39. The summed E-state index contributed by atoms with van der Waals surface area (Å²) in [5.41, 5.74) is 3.11. The van der Waals surface area contributed by atoms with Crippen LogP contribution < -0.4 is 15.6 Å². The summed E-state index contributed by atoms with van der Waals surface area (Å²) in [5, 5.41) is 6.30. The Kier molecular flexibility index (Phi) is 17.4. The molecule has 9 rings (SSSR count). The molecule has 3 aliphatic heterocycles. The number of methoxy groups -OCH3 is 1. The summed E-state index contributed by atoms with van der Waals surface area (Å²) in [7, 11) is 4.98. The fraction of sp³-hybridized carbons (Fsp3) is 0.544. The fourth-order valence-corrected chi connectivity index (χ4v) is 12.0. The van der Waals surface area contributed by atoms with Gasteiger partial charge in [0.1, 0.15) is 30.5 Å². The van der Waals surface area contributed by atoms with Crippen molar-refractivity contribution in [1.29, 1.82) is 0 Å². The number of cyclic esters (lactones) is 1. The van der Waals surface area contributed by atoms with E-state index < -0.39 is 89.5 Å². The van der Waals surface area contributed by atoms with Gasteiger partial charge in [0.15, 0.2) is 0 Å². The summed E-state index contributed by atoms with van der Waals surface area (Å²) in [6.07, 6.45) is -5.97. The predicted molar refractivity (Wildman–Crippen MR) is 291 cm³/mol. The average molecular weight is 1170 g/mol. The number of ether oxygens (including phenoxy) is 2. The number of hydrogen-bond acceptors (Lipinski definition) is 14. The maximum atomic E-state index is 17.0. The lowest BCUT2D eigenvalue weighted by molar-refractivity contribution is -0.155. The first-order valence-electron chi connectivity index (χ1n) is 27.2. The summed E-state index contributed by atoms with van der Waals surface area (Å²) < 4.78 is 114. The van der Waals surface area contributed by atoms with E-state index in [9.17, 15) is 32.3 Å². The molecule has 2 saturated heterocycles. The van der Waals surface area contributed by atoms with Crippen molar-refractivity contribution in [3.8, 4) is 34.4 Å². The number of anilines is 1. The molecule has 4 atom stereocenters. The van der Waals surface area contributed by atoms with Crippen LogP contribution in [-0.2, 0) is 54.2 Å². The van der Waals surface area contributed by atoms with Gasteiger partial charge in [-0.3, -0.25) is 29.2 Å². The molecule has 5 aromatic rings. The molecule has 3 fully saturated rings. The second-order valence-electron chi connectivity index (χ2n) is 22.9. The summed E-state index contributed by atoms with van der Waals surface area (Å²) in [6, 6.07) is 0.968. The van der Waals surface area contributed by atoms with E-state index in [0.29, 0.717) is 72.6 Å². The molecule has 1 aliphatic carbocycles. The number of amides is 3. The number of rotatable bonds is 10. The first-order chi connectivity index (χ1) is 38.7. The van der Waals surface area contributed by atoms with Gasteiger partial charge in [0.05, 0.1) is 57.8 Å². The third-order valence-corrected chi connectivity index (χ3v) is 16.6. The highest BCUT2D eigenvalue weighted by molar-refractivity contribution is 7.10. The van der Waals surface area contributed by atoms with Crippen molar-refractivity contribution in [2.75, 3.05) is 65.4 Å². The standard InChI is InChI=1S/C57H66F7N11O6S/c1-31(2)49(72(7)52(77)34-18-33(19-34)11-12-46-65-25-35(26-66-46)57(62,63)64)51(76)69-43-23-47-68-44(28-82-47)38-21-37-40(24-55(4,5)30-81-54(79)42-10-9-13-75(70-42)53(43)78)50(74(29-56(59,60)61)45(37)22-41(38)58)39-20-36(27-67-48(39)32(3)80-8)73-16-14-71(6)15-17-73/h20-22,25-28,31-34,42-43,49,70H,9-10,13-19,23-24,29-30H2,1-8H3,(H,69,76)/t32-,33?,34?,42-,43-,49-/m0/s1. The first-order valence-corrected chi connectivity index (χ1v) is 28.1. The fourth-order valence-electron chi connectivity index (χ4n) is 11.1. The number of thiazole rings is 1. The number of carbonyl (C=O) groups is 4. The number of fused-ring (bicyclic) bond motifs is 6. The van der Waals surface area contributed by atoms with Gasteiger partial charge in [-0.1, -0.05) is 33.6 Å². The van der Waals surface area contributed by atoms with Gasteiger partial charge < -0.3 is 34.1 Å². The van der Waals surface area contributed by atoms with Crippen LogP contribution in [0.4, 0.5) is 36.4 Å². The van der Waals surface area contributed by atoms with Crippen molar-refractivity contribution >= 4 is 51.6 Å². The molecule has 1 aromatic carbocycles. The molecular weight excluding hydrogens is 1100 g/mol. The van der Waals surface area contributed by atoms with E-state index in [1.165, 1.54) is 30.1 Å². The van der Waals surface area contributed by atoms with Crippen LogP contribution in [0.1, 0.15) is 94.1 Å². The minimum Gasteiger partial charge on any atom is -0.464 e. The molecule has 440 valence electrons. The number of nitrogens with one attached hydrogen (secondary N) is 2. The van der Waals surface area contributed by atoms with E-state index in [2.05, 4.69) is 42.4 Å². The van der Waals surface area contributed by atoms with E-state index in [-0.39, 0.29) is 77.5 Å². The average Bonchev–Trinajstić information content (AvgIpc) is 3.85. The molecule has 0 unspecified atom stereocenters. The zero-order chi connectivity index (χ0) is 59.2. The molecule has 82 heavy (non-hydrogen) atoms. The van der Waals surface area contributed by atoms with Crippen LogP contribution in [0.3, 0.4) is 0 Å². The number of carbonyl (C=O) groups excluding carboxylic acids is 4. The molecule has 7 heterocycles. The quantitative estimate of drug-likeness (QED) is 0.0781. The van der Waals surface area contributed by atoms with Gasteiger partial charge in [0, 0.05) is 105 Å². The highest BCUT2D eigenvalue weighted by Crippen LogP contribution is 2.45. The number of hydrazine groups is 1. The highest BCUT2D eigenvalue weighted by Gasteiger charge is 2.43. The van der Waals surface area contributed by atoms with Crippen molar-refractivity contribution in [3.05, 3.63) is 75.6 Å². The number of pyridine rings is 1. The zero-order valence-electron chi connectivity index (χ0n) is 46.8. The number of nitrogens with zero attached hydrogens (tertiary/aromatic N) is 9. The molecule has 0 spiro atoms. The normalized spacial score (nSPS) is 21.7. The van der Waals surface area contributed by atoms with E-state index in [0.717, 1.165) is 35.1 Å². The Labute approximate surface area is 474 Å². The Morgan fingerprint density at radius 2 is 1.70 bits per heavy atom. The van der Waals surface area contributed by atoms with Gasteiger partial charge in [-0.2, -0.15) is 26.3 Å². The van der Waals surface area contributed by atoms with Crippen molar-refractivity contribution in [2.45, 2.75) is 116 Å². The smallest absolute Gasteiger partial charge is 0.419 e. The van der Waals surface area contributed by atoms with E-state index >= 15 is 17.6 Å². The molecule has 1 saturated carbocycles. The van der Waals surface area contributed by atoms with Gasteiger partial charge >= 0.3 is 18.3 Å². The second kappa shape index (κ2) is 23.8. The Morgan fingerprint density at radius 1 is 0.988 bits per heavy atom. The molecule has 25 heteroatoms. The highest BCUT2D eigenvalue weighted by atomic mass is 32.1. The number of halogens is 7. The summed E-state index contributed by atoms with van der Waals surface area (Å²) in [5.74, 6) is 1.00. The number of alkyl halides is 6. The van der Waals surface area contributed by atoms with Crippen LogP contribution in [0, 0.1) is 40.8 Å². The SMILES string of the molecule is CO[C@@H](C)c1ncc(N2CCN(C)CC2)cc1-c1c2c3cc(c(F)cc3n1CC(F)(F)F)-c1csc(n1)C[C@H](NC(=O)[C@H](C(C)C)N(C)C(=O)C1CC(C#Cc3ncc(C(F)(F)F)cn3)C1)C(=O)N1CCC[C@H](N1)C(=O)OCC(C)(C)C2. The van der Waals surface area contributed by atoms with Gasteiger partial charge in [-0.25, -0.2) is 24.8 Å². The van der Waals surface area contributed by atoms with Crippen molar-refractivity contribution < 1.29 is 59.4 Å².